The van der Waals surface area contributed by atoms with Gasteiger partial charge in [0.1, 0.15) is 0 Å². The average molecular weight is 275 g/mol. The van der Waals surface area contributed by atoms with Crippen molar-refractivity contribution in [2.75, 3.05) is 14.1 Å². The summed E-state index contributed by atoms with van der Waals surface area (Å²) in [6.07, 6.45) is 3.07. The number of rotatable bonds is 4. The van der Waals surface area contributed by atoms with Crippen LogP contribution >= 0.6 is 12.4 Å². The van der Waals surface area contributed by atoms with Gasteiger partial charge in [0.05, 0.1) is 11.6 Å². The average Bonchev–Trinajstić information content (AvgIpc) is 2.62. The van der Waals surface area contributed by atoms with Crippen LogP contribution in [0.25, 0.3) is 0 Å². The molecule has 0 amide bonds. The van der Waals surface area contributed by atoms with Crippen molar-refractivity contribution in [3.63, 3.8) is 0 Å². The maximum Gasteiger partial charge on any atom is 0.244 e. The highest BCUT2D eigenvalue weighted by molar-refractivity contribution is 5.85. The topological polar surface area (TPSA) is 68.2 Å². The van der Waals surface area contributed by atoms with E-state index < -0.39 is 0 Å². The van der Waals surface area contributed by atoms with Crippen molar-refractivity contribution in [2.24, 2.45) is 11.7 Å². The van der Waals surface area contributed by atoms with E-state index in [2.05, 4.69) is 28.9 Å². The van der Waals surface area contributed by atoms with Crippen LogP contribution in [-0.4, -0.2) is 29.1 Å². The molecule has 0 spiro atoms. The quantitative estimate of drug-likeness (QED) is 0.910. The summed E-state index contributed by atoms with van der Waals surface area (Å²) < 4.78 is 5.39. The van der Waals surface area contributed by atoms with Crippen LogP contribution in [0.4, 0.5) is 0 Å². The maximum absolute atomic E-state index is 6.19. The van der Waals surface area contributed by atoms with E-state index in [0.717, 1.165) is 19.3 Å². The van der Waals surface area contributed by atoms with Gasteiger partial charge in [-0.3, -0.25) is 4.90 Å². The van der Waals surface area contributed by atoms with Crippen molar-refractivity contribution < 1.29 is 4.52 Å². The highest BCUT2D eigenvalue weighted by Crippen LogP contribution is 2.37. The third kappa shape index (κ3) is 2.68. The fourth-order valence-electron chi connectivity index (χ4n) is 2.44. The molecular weight excluding hydrogens is 252 g/mol. The lowest BCUT2D eigenvalue weighted by molar-refractivity contribution is 0.180. The van der Waals surface area contributed by atoms with E-state index >= 15 is 0 Å². The third-order valence-corrected chi connectivity index (χ3v) is 3.57. The molecule has 104 valence electrons. The second-order valence-corrected chi connectivity index (χ2v) is 5.62. The van der Waals surface area contributed by atoms with Crippen LogP contribution in [0.1, 0.15) is 50.9 Å². The lowest BCUT2D eigenvalue weighted by Crippen LogP contribution is -2.44. The predicted molar refractivity (Wildman–Crippen MR) is 72.5 cm³/mol. The molecule has 0 bridgehead atoms. The molecule has 0 aliphatic heterocycles. The number of nitrogens with zero attached hydrogens (tertiary/aromatic N) is 3. The van der Waals surface area contributed by atoms with Crippen LogP contribution in [-0.2, 0) is 5.54 Å². The van der Waals surface area contributed by atoms with E-state index in [0.29, 0.717) is 17.6 Å². The Morgan fingerprint density at radius 1 is 1.33 bits per heavy atom. The van der Waals surface area contributed by atoms with E-state index in [-0.39, 0.29) is 24.0 Å². The molecule has 1 atom stereocenters. The molecule has 2 N–H and O–H groups in total. The summed E-state index contributed by atoms with van der Waals surface area (Å²) in [6, 6.07) is 0.153. The Bertz CT molecular complexity index is 379. The zero-order valence-corrected chi connectivity index (χ0v) is 12.3. The Morgan fingerprint density at radius 3 is 2.33 bits per heavy atom. The summed E-state index contributed by atoms with van der Waals surface area (Å²) in [5.41, 5.74) is 5.85. The van der Waals surface area contributed by atoms with Crippen LogP contribution in [0.15, 0.2) is 4.52 Å². The number of hydrogen-bond acceptors (Lipinski definition) is 5. The summed E-state index contributed by atoms with van der Waals surface area (Å²) in [5, 5.41) is 4.06. The molecule has 5 nitrogen and oxygen atoms in total. The summed E-state index contributed by atoms with van der Waals surface area (Å²) in [4.78, 5) is 6.61. The molecule has 1 aliphatic rings. The lowest BCUT2D eigenvalue weighted by atomic mass is 9.77. The highest BCUT2D eigenvalue weighted by Gasteiger charge is 2.39. The fraction of sp³-hybridized carbons (Fsp3) is 0.833. The molecular formula is C12H23ClN4O. The standard InChI is InChI=1S/C12H22N4O.ClH/c1-8(2)9(16(3)4)10-14-11(15-17-10)12(13)6-5-7-12;/h8-9H,5-7,13H2,1-4H3;1H/t9-;/m1./s1. The zero-order valence-electron chi connectivity index (χ0n) is 11.5. The van der Waals surface area contributed by atoms with Crippen molar-refractivity contribution in [3.05, 3.63) is 11.7 Å². The predicted octanol–water partition coefficient (Wildman–Crippen LogP) is 2.09. The molecule has 1 fully saturated rings. The van der Waals surface area contributed by atoms with Crippen molar-refractivity contribution in [1.29, 1.82) is 0 Å². The van der Waals surface area contributed by atoms with E-state index in [1.165, 1.54) is 0 Å². The van der Waals surface area contributed by atoms with Crippen molar-refractivity contribution in [1.82, 2.24) is 15.0 Å². The van der Waals surface area contributed by atoms with Crippen molar-refractivity contribution in [3.8, 4) is 0 Å². The minimum Gasteiger partial charge on any atom is -0.338 e. The Hall–Kier alpha value is -0.650. The monoisotopic (exact) mass is 274 g/mol. The van der Waals surface area contributed by atoms with Crippen LogP contribution in [0.5, 0.6) is 0 Å². The van der Waals surface area contributed by atoms with Gasteiger partial charge in [-0.05, 0) is 39.3 Å². The van der Waals surface area contributed by atoms with Crippen LogP contribution in [0.2, 0.25) is 0 Å². The summed E-state index contributed by atoms with van der Waals surface area (Å²) >= 11 is 0. The van der Waals surface area contributed by atoms with Gasteiger partial charge in [-0.15, -0.1) is 12.4 Å². The Kier molecular flexibility index (Phi) is 4.75. The number of aromatic nitrogens is 2. The Balaban J connectivity index is 0.00000162. The van der Waals surface area contributed by atoms with Crippen molar-refractivity contribution >= 4 is 12.4 Å². The first-order chi connectivity index (χ1) is 7.94. The van der Waals surface area contributed by atoms with Gasteiger partial charge in [-0.2, -0.15) is 4.98 Å². The van der Waals surface area contributed by atoms with Crippen molar-refractivity contribution in [2.45, 2.75) is 44.7 Å². The molecule has 1 aromatic rings. The molecule has 6 heteroatoms. The molecule has 1 aromatic heterocycles. The SMILES string of the molecule is CC(C)[C@H](c1nc(C2(N)CCC2)no1)N(C)C.Cl. The minimum absolute atomic E-state index is 0. The summed E-state index contributed by atoms with van der Waals surface area (Å²) in [7, 11) is 4.05. The molecule has 0 unspecified atom stereocenters. The molecule has 0 aromatic carbocycles. The van der Waals surface area contributed by atoms with E-state index in [1.54, 1.807) is 0 Å². The van der Waals surface area contributed by atoms with Gasteiger partial charge >= 0.3 is 0 Å². The number of halogens is 1. The Labute approximate surface area is 115 Å². The fourth-order valence-corrected chi connectivity index (χ4v) is 2.44. The second-order valence-electron chi connectivity index (χ2n) is 5.62. The van der Waals surface area contributed by atoms with Gasteiger partial charge < -0.3 is 10.3 Å². The normalized spacial score (nSPS) is 19.5. The summed E-state index contributed by atoms with van der Waals surface area (Å²) in [6.45, 7) is 4.30. The van der Waals surface area contributed by atoms with Crippen LogP contribution in [0, 0.1) is 5.92 Å². The molecule has 1 aliphatic carbocycles. The van der Waals surface area contributed by atoms with Gasteiger partial charge in [-0.1, -0.05) is 19.0 Å². The first-order valence-electron chi connectivity index (χ1n) is 6.23. The molecule has 1 heterocycles. The smallest absolute Gasteiger partial charge is 0.244 e. The van der Waals surface area contributed by atoms with Gasteiger partial charge in [0.25, 0.3) is 0 Å². The molecule has 1 saturated carbocycles. The molecule has 0 radical (unpaired) electrons. The first-order valence-corrected chi connectivity index (χ1v) is 6.23. The highest BCUT2D eigenvalue weighted by atomic mass is 35.5. The maximum atomic E-state index is 6.19. The molecule has 2 rings (SSSR count). The van der Waals surface area contributed by atoms with Gasteiger partial charge in [0.2, 0.25) is 5.89 Å². The van der Waals surface area contributed by atoms with Crippen LogP contribution < -0.4 is 5.73 Å². The Morgan fingerprint density at radius 2 is 1.94 bits per heavy atom. The number of nitrogens with two attached hydrogens (primary N) is 1. The number of hydrogen-bond donors (Lipinski definition) is 1. The van der Waals surface area contributed by atoms with Crippen LogP contribution in [0.3, 0.4) is 0 Å². The molecule has 0 saturated heterocycles. The second kappa shape index (κ2) is 5.55. The van der Waals surface area contributed by atoms with E-state index in [4.69, 9.17) is 10.3 Å². The minimum atomic E-state index is -0.338. The lowest BCUT2D eigenvalue weighted by Gasteiger charge is -2.34. The largest absolute Gasteiger partial charge is 0.338 e. The van der Waals surface area contributed by atoms with Gasteiger partial charge in [-0.25, -0.2) is 0 Å². The van der Waals surface area contributed by atoms with Gasteiger partial charge in [0.15, 0.2) is 5.82 Å². The first kappa shape index (κ1) is 15.4. The zero-order chi connectivity index (χ0) is 12.6. The third-order valence-electron chi connectivity index (χ3n) is 3.57. The molecule has 18 heavy (non-hydrogen) atoms. The summed E-state index contributed by atoms with van der Waals surface area (Å²) in [5.74, 6) is 1.77. The van der Waals surface area contributed by atoms with E-state index in [9.17, 15) is 0 Å². The van der Waals surface area contributed by atoms with Gasteiger partial charge in [0, 0.05) is 0 Å². The van der Waals surface area contributed by atoms with E-state index in [1.807, 2.05) is 14.1 Å².